The molecule has 0 bridgehead atoms. The van der Waals surface area contributed by atoms with E-state index in [1.807, 2.05) is 42.5 Å². The summed E-state index contributed by atoms with van der Waals surface area (Å²) in [4.78, 5) is 14.9. The number of para-hydroxylation sites is 2. The van der Waals surface area contributed by atoms with Crippen molar-refractivity contribution in [3.8, 4) is 5.75 Å². The molecule has 1 aliphatic rings. The Labute approximate surface area is 169 Å². The van der Waals surface area contributed by atoms with Crippen molar-refractivity contribution in [2.45, 2.75) is 19.0 Å². The highest BCUT2D eigenvalue weighted by Crippen LogP contribution is 2.35. The fourth-order valence-corrected chi connectivity index (χ4v) is 3.54. The van der Waals surface area contributed by atoms with Crippen LogP contribution in [-0.2, 0) is 11.3 Å². The highest BCUT2D eigenvalue weighted by atomic mass is 35.5. The van der Waals surface area contributed by atoms with Gasteiger partial charge in [0, 0.05) is 17.3 Å². The van der Waals surface area contributed by atoms with Crippen LogP contribution in [0.5, 0.6) is 5.75 Å². The molecule has 5 heteroatoms. The van der Waals surface area contributed by atoms with Crippen molar-refractivity contribution in [3.63, 3.8) is 0 Å². The van der Waals surface area contributed by atoms with Crippen LogP contribution in [0, 0.1) is 0 Å². The van der Waals surface area contributed by atoms with Gasteiger partial charge in [0.05, 0.1) is 18.2 Å². The lowest BCUT2D eigenvalue weighted by Gasteiger charge is -2.38. The molecule has 1 heterocycles. The Balaban J connectivity index is 1.52. The molecule has 1 atom stereocenters. The van der Waals surface area contributed by atoms with Gasteiger partial charge < -0.3 is 15.0 Å². The Bertz CT molecular complexity index is 944. The Kier molecular flexibility index (Phi) is 5.49. The Morgan fingerprint density at radius 2 is 1.71 bits per heavy atom. The number of amides is 1. The Morgan fingerprint density at radius 1 is 1.00 bits per heavy atom. The molecule has 0 fully saturated rings. The fraction of sp³-hybridized carbons (Fsp3) is 0.174. The second-order valence-electron chi connectivity index (χ2n) is 6.81. The number of hydrogen-bond acceptors (Lipinski definition) is 3. The van der Waals surface area contributed by atoms with Crippen LogP contribution in [0.25, 0.3) is 0 Å². The van der Waals surface area contributed by atoms with Crippen LogP contribution >= 0.6 is 11.6 Å². The maximum Gasteiger partial charge on any atom is 0.226 e. The minimum absolute atomic E-state index is 0.0478. The molecule has 3 aromatic carbocycles. The number of nitrogens with one attached hydrogen (secondary N) is 1. The van der Waals surface area contributed by atoms with Crippen molar-refractivity contribution >= 4 is 28.9 Å². The van der Waals surface area contributed by atoms with Crippen LogP contribution in [0.3, 0.4) is 0 Å². The molecule has 0 saturated heterocycles. The van der Waals surface area contributed by atoms with Gasteiger partial charge in [0.25, 0.3) is 0 Å². The summed E-state index contributed by atoms with van der Waals surface area (Å²) in [6.45, 7) is 1.19. The van der Waals surface area contributed by atoms with Crippen LogP contribution < -0.4 is 15.0 Å². The first kappa shape index (κ1) is 18.4. The molecule has 0 saturated carbocycles. The summed E-state index contributed by atoms with van der Waals surface area (Å²) >= 11 is 5.91. The van der Waals surface area contributed by atoms with Gasteiger partial charge in [-0.3, -0.25) is 4.79 Å². The van der Waals surface area contributed by atoms with Gasteiger partial charge >= 0.3 is 0 Å². The largest absolute Gasteiger partial charge is 0.489 e. The van der Waals surface area contributed by atoms with Crippen LogP contribution in [-0.4, -0.2) is 18.6 Å². The number of nitrogens with zero attached hydrogens (tertiary/aromatic N) is 1. The van der Waals surface area contributed by atoms with Crippen LogP contribution in [0.4, 0.5) is 11.4 Å². The predicted octanol–water partition coefficient (Wildman–Crippen LogP) is 5.14. The number of halogens is 1. The smallest absolute Gasteiger partial charge is 0.226 e. The van der Waals surface area contributed by atoms with Crippen molar-refractivity contribution in [1.29, 1.82) is 0 Å². The van der Waals surface area contributed by atoms with E-state index in [0.29, 0.717) is 18.1 Å². The number of hydrogen-bond donors (Lipinski definition) is 1. The number of ether oxygens (including phenoxy) is 1. The van der Waals surface area contributed by atoms with Gasteiger partial charge in [0.15, 0.2) is 0 Å². The van der Waals surface area contributed by atoms with Gasteiger partial charge in [-0.25, -0.2) is 0 Å². The van der Waals surface area contributed by atoms with E-state index in [2.05, 4.69) is 22.3 Å². The minimum Gasteiger partial charge on any atom is -0.489 e. The van der Waals surface area contributed by atoms with E-state index < -0.39 is 0 Å². The quantitative estimate of drug-likeness (QED) is 0.653. The third-order valence-electron chi connectivity index (χ3n) is 4.79. The molecule has 1 unspecified atom stereocenters. The SMILES string of the molecule is O=C(CC1COc2ccccc2N1Cc1ccccc1)Nc1ccc(Cl)cc1. The van der Waals surface area contributed by atoms with E-state index in [1.54, 1.807) is 24.3 Å². The molecule has 4 rings (SSSR count). The summed E-state index contributed by atoms with van der Waals surface area (Å²) in [7, 11) is 0. The van der Waals surface area contributed by atoms with Crippen molar-refractivity contribution in [2.75, 3.05) is 16.8 Å². The van der Waals surface area contributed by atoms with Crippen LogP contribution in [0.15, 0.2) is 78.9 Å². The highest BCUT2D eigenvalue weighted by molar-refractivity contribution is 6.30. The average molecular weight is 393 g/mol. The molecule has 0 aliphatic carbocycles. The summed E-state index contributed by atoms with van der Waals surface area (Å²) < 4.78 is 5.93. The molecule has 0 aromatic heterocycles. The van der Waals surface area contributed by atoms with Gasteiger partial charge in [-0.05, 0) is 42.0 Å². The molecular formula is C23H21ClN2O2. The molecule has 1 aliphatic heterocycles. The van der Waals surface area contributed by atoms with E-state index in [-0.39, 0.29) is 11.9 Å². The number of carbonyl (C=O) groups excluding carboxylic acids is 1. The molecule has 28 heavy (non-hydrogen) atoms. The van der Waals surface area contributed by atoms with Crippen LogP contribution in [0.2, 0.25) is 5.02 Å². The molecule has 142 valence electrons. The summed E-state index contributed by atoms with van der Waals surface area (Å²) in [6, 6.07) is 25.3. The van der Waals surface area contributed by atoms with Gasteiger partial charge in [-0.15, -0.1) is 0 Å². The first-order valence-electron chi connectivity index (χ1n) is 9.27. The van der Waals surface area contributed by atoms with Crippen LogP contribution in [0.1, 0.15) is 12.0 Å². The van der Waals surface area contributed by atoms with Crippen molar-refractivity contribution in [2.24, 2.45) is 0 Å². The summed E-state index contributed by atoms with van der Waals surface area (Å²) in [5.41, 5.74) is 2.95. The minimum atomic E-state index is -0.0533. The molecule has 0 spiro atoms. The summed E-state index contributed by atoms with van der Waals surface area (Å²) in [5.74, 6) is 0.807. The van der Waals surface area contributed by atoms with E-state index in [4.69, 9.17) is 16.3 Å². The zero-order valence-corrected chi connectivity index (χ0v) is 16.1. The second-order valence-corrected chi connectivity index (χ2v) is 7.24. The van der Waals surface area contributed by atoms with E-state index >= 15 is 0 Å². The molecule has 4 nitrogen and oxygen atoms in total. The number of fused-ring (bicyclic) bond motifs is 1. The highest BCUT2D eigenvalue weighted by Gasteiger charge is 2.29. The number of rotatable bonds is 5. The third-order valence-corrected chi connectivity index (χ3v) is 5.04. The maximum atomic E-state index is 12.6. The summed E-state index contributed by atoms with van der Waals surface area (Å²) in [6.07, 6.45) is 0.337. The van der Waals surface area contributed by atoms with Crippen molar-refractivity contribution in [1.82, 2.24) is 0 Å². The summed E-state index contributed by atoms with van der Waals surface area (Å²) in [5, 5.41) is 3.59. The third kappa shape index (κ3) is 4.29. The fourth-order valence-electron chi connectivity index (χ4n) is 3.41. The van der Waals surface area contributed by atoms with Gasteiger partial charge in [-0.2, -0.15) is 0 Å². The molecule has 1 amide bonds. The normalized spacial score (nSPS) is 15.5. The molecule has 0 radical (unpaired) electrons. The zero-order valence-electron chi connectivity index (χ0n) is 15.3. The average Bonchev–Trinajstić information content (AvgIpc) is 2.72. The molecule has 1 N–H and O–H groups in total. The van der Waals surface area contributed by atoms with Gasteiger partial charge in [0.1, 0.15) is 12.4 Å². The standard InChI is InChI=1S/C23H21ClN2O2/c24-18-10-12-19(13-11-18)25-23(27)14-20-16-28-22-9-5-4-8-21(22)26(20)15-17-6-2-1-3-7-17/h1-13,20H,14-16H2,(H,25,27). The van der Waals surface area contributed by atoms with E-state index in [0.717, 1.165) is 23.7 Å². The first-order chi connectivity index (χ1) is 13.7. The zero-order chi connectivity index (χ0) is 19.3. The lowest BCUT2D eigenvalue weighted by atomic mass is 10.1. The number of carbonyl (C=O) groups is 1. The maximum absolute atomic E-state index is 12.6. The lowest BCUT2D eigenvalue weighted by Crippen LogP contribution is -2.44. The van der Waals surface area contributed by atoms with Gasteiger partial charge in [-0.1, -0.05) is 54.1 Å². The molecular weight excluding hydrogens is 372 g/mol. The van der Waals surface area contributed by atoms with Crippen molar-refractivity contribution < 1.29 is 9.53 Å². The Morgan fingerprint density at radius 3 is 2.50 bits per heavy atom. The monoisotopic (exact) mass is 392 g/mol. The van der Waals surface area contributed by atoms with E-state index in [9.17, 15) is 4.79 Å². The molecule has 3 aromatic rings. The van der Waals surface area contributed by atoms with Gasteiger partial charge in [0.2, 0.25) is 5.91 Å². The van der Waals surface area contributed by atoms with Crippen molar-refractivity contribution in [3.05, 3.63) is 89.4 Å². The number of benzene rings is 3. The first-order valence-corrected chi connectivity index (χ1v) is 9.64. The number of anilines is 2. The topological polar surface area (TPSA) is 41.6 Å². The lowest BCUT2D eigenvalue weighted by molar-refractivity contribution is -0.116. The Hall–Kier alpha value is -2.98. The predicted molar refractivity (Wildman–Crippen MR) is 113 cm³/mol. The van der Waals surface area contributed by atoms with E-state index in [1.165, 1.54) is 5.56 Å². The second kappa shape index (κ2) is 8.36.